The number of amides is 1. The highest BCUT2D eigenvalue weighted by Crippen LogP contribution is 2.38. The molecule has 1 saturated carbocycles. The predicted molar refractivity (Wildman–Crippen MR) is 63.6 cm³/mol. The predicted octanol–water partition coefficient (Wildman–Crippen LogP) is -0.536. The maximum Gasteiger partial charge on any atom is 0.242 e. The Labute approximate surface area is 105 Å². The molecule has 1 atom stereocenters. The summed E-state index contributed by atoms with van der Waals surface area (Å²) in [6.07, 6.45) is 7.30. The Hall–Kier alpha value is -1.50. The van der Waals surface area contributed by atoms with E-state index in [-0.39, 0.29) is 18.5 Å². The lowest BCUT2D eigenvalue weighted by molar-refractivity contribution is -0.123. The molecule has 0 aromatic carbocycles. The summed E-state index contributed by atoms with van der Waals surface area (Å²) in [6.45, 7) is 1.19. The van der Waals surface area contributed by atoms with Crippen molar-refractivity contribution in [3.05, 3.63) is 6.33 Å². The van der Waals surface area contributed by atoms with Gasteiger partial charge in [-0.05, 0) is 49.1 Å². The smallest absolute Gasteiger partial charge is 0.242 e. The third-order valence-electron chi connectivity index (χ3n) is 4.00. The molecule has 0 bridgehead atoms. The van der Waals surface area contributed by atoms with Crippen LogP contribution in [0.25, 0.3) is 0 Å². The number of nitrogens with one attached hydrogen (secondary N) is 2. The van der Waals surface area contributed by atoms with Crippen molar-refractivity contribution in [2.75, 3.05) is 6.54 Å². The Morgan fingerprint density at radius 1 is 1.56 bits per heavy atom. The molecule has 1 amide bonds. The zero-order chi connectivity index (χ0) is 12.4. The van der Waals surface area contributed by atoms with Crippen LogP contribution in [0.3, 0.4) is 0 Å². The van der Waals surface area contributed by atoms with Gasteiger partial charge in [-0.15, -0.1) is 5.10 Å². The molecule has 2 N–H and O–H groups in total. The molecule has 1 unspecified atom stereocenters. The third-order valence-corrected chi connectivity index (χ3v) is 4.00. The van der Waals surface area contributed by atoms with Gasteiger partial charge in [-0.3, -0.25) is 4.79 Å². The molecular formula is C11H18N6O. The first-order valence-electron chi connectivity index (χ1n) is 6.51. The molecule has 1 saturated heterocycles. The average molecular weight is 250 g/mol. The first-order chi connectivity index (χ1) is 8.76. The lowest BCUT2D eigenvalue weighted by atomic mass is 9.70. The molecule has 18 heavy (non-hydrogen) atoms. The van der Waals surface area contributed by atoms with Gasteiger partial charge in [-0.25, -0.2) is 4.68 Å². The number of rotatable bonds is 3. The molecule has 1 spiro atoms. The first-order valence-corrected chi connectivity index (χ1v) is 6.51. The Morgan fingerprint density at radius 3 is 3.11 bits per heavy atom. The van der Waals surface area contributed by atoms with E-state index in [0.717, 1.165) is 19.4 Å². The van der Waals surface area contributed by atoms with Crippen molar-refractivity contribution >= 4 is 5.91 Å². The lowest BCUT2D eigenvalue weighted by Crippen LogP contribution is -2.59. The molecule has 0 radical (unpaired) electrons. The molecule has 1 aromatic rings. The van der Waals surface area contributed by atoms with Crippen LogP contribution >= 0.6 is 0 Å². The molecule has 2 aliphatic rings. The number of carbonyl (C=O) groups excluding carboxylic acids is 1. The molecule has 1 aromatic heterocycles. The number of aromatic nitrogens is 4. The molecule has 2 fully saturated rings. The fraction of sp³-hybridized carbons (Fsp3) is 0.818. The van der Waals surface area contributed by atoms with Crippen LogP contribution in [-0.2, 0) is 11.3 Å². The van der Waals surface area contributed by atoms with E-state index in [9.17, 15) is 4.79 Å². The molecule has 7 heteroatoms. The van der Waals surface area contributed by atoms with Gasteiger partial charge in [-0.1, -0.05) is 0 Å². The summed E-state index contributed by atoms with van der Waals surface area (Å²) in [4.78, 5) is 11.8. The van der Waals surface area contributed by atoms with Crippen LogP contribution in [0.4, 0.5) is 0 Å². The summed E-state index contributed by atoms with van der Waals surface area (Å²) in [6, 6.07) is 0.288. The van der Waals surface area contributed by atoms with Crippen molar-refractivity contribution in [1.82, 2.24) is 30.8 Å². The second kappa shape index (κ2) is 4.64. The second-order valence-electron chi connectivity index (χ2n) is 5.33. The van der Waals surface area contributed by atoms with Gasteiger partial charge in [0.25, 0.3) is 0 Å². The number of hydrogen-bond acceptors (Lipinski definition) is 5. The van der Waals surface area contributed by atoms with Crippen molar-refractivity contribution in [3.8, 4) is 0 Å². The largest absolute Gasteiger partial charge is 0.352 e. The standard InChI is InChI=1S/C11H18N6O/c18-10(7-17-8-13-15-16-17)14-9-2-5-12-11(6-9)3-1-4-11/h8-9,12H,1-7H2,(H,14,18). The zero-order valence-electron chi connectivity index (χ0n) is 10.3. The van der Waals surface area contributed by atoms with Crippen LogP contribution in [0, 0.1) is 0 Å². The van der Waals surface area contributed by atoms with Crippen molar-refractivity contribution in [2.45, 2.75) is 50.2 Å². The Balaban J connectivity index is 1.51. The van der Waals surface area contributed by atoms with Crippen molar-refractivity contribution in [1.29, 1.82) is 0 Å². The quantitative estimate of drug-likeness (QED) is 0.753. The fourth-order valence-corrected chi connectivity index (χ4v) is 2.94. The van der Waals surface area contributed by atoms with E-state index in [2.05, 4.69) is 26.2 Å². The number of tetrazole rings is 1. The van der Waals surface area contributed by atoms with Gasteiger partial charge in [-0.2, -0.15) is 0 Å². The minimum atomic E-state index is -0.0105. The van der Waals surface area contributed by atoms with E-state index >= 15 is 0 Å². The maximum atomic E-state index is 11.8. The first kappa shape index (κ1) is 11.6. The van der Waals surface area contributed by atoms with Crippen molar-refractivity contribution in [2.24, 2.45) is 0 Å². The lowest BCUT2D eigenvalue weighted by Gasteiger charge is -2.48. The average Bonchev–Trinajstić information content (AvgIpc) is 2.80. The Kier molecular flexibility index (Phi) is 2.99. The summed E-state index contributed by atoms with van der Waals surface area (Å²) in [5, 5.41) is 17.4. The van der Waals surface area contributed by atoms with Gasteiger partial charge in [0.2, 0.25) is 5.91 Å². The number of piperidine rings is 1. The van der Waals surface area contributed by atoms with E-state index in [4.69, 9.17) is 0 Å². The number of hydrogen-bond donors (Lipinski definition) is 2. The zero-order valence-corrected chi connectivity index (χ0v) is 10.3. The number of nitrogens with zero attached hydrogens (tertiary/aromatic N) is 4. The SMILES string of the molecule is O=C(Cn1cnnn1)NC1CCNC2(CCC2)C1. The highest BCUT2D eigenvalue weighted by molar-refractivity contribution is 5.75. The minimum absolute atomic E-state index is 0.0105. The van der Waals surface area contributed by atoms with E-state index in [1.807, 2.05) is 0 Å². The van der Waals surface area contributed by atoms with Crippen LogP contribution in [0.2, 0.25) is 0 Å². The summed E-state index contributed by atoms with van der Waals surface area (Å²) in [5.74, 6) is -0.0105. The molecular weight excluding hydrogens is 232 g/mol. The monoisotopic (exact) mass is 250 g/mol. The van der Waals surface area contributed by atoms with E-state index in [1.54, 1.807) is 0 Å². The fourth-order valence-electron chi connectivity index (χ4n) is 2.94. The van der Waals surface area contributed by atoms with Gasteiger partial charge >= 0.3 is 0 Å². The van der Waals surface area contributed by atoms with Crippen molar-refractivity contribution < 1.29 is 4.79 Å². The van der Waals surface area contributed by atoms with Gasteiger partial charge in [0.15, 0.2) is 0 Å². The van der Waals surface area contributed by atoms with Crippen LogP contribution < -0.4 is 10.6 Å². The summed E-state index contributed by atoms with van der Waals surface area (Å²) in [5.41, 5.74) is 0.311. The summed E-state index contributed by atoms with van der Waals surface area (Å²) in [7, 11) is 0. The van der Waals surface area contributed by atoms with Crippen LogP contribution in [0.15, 0.2) is 6.33 Å². The minimum Gasteiger partial charge on any atom is -0.352 e. The van der Waals surface area contributed by atoms with E-state index < -0.39 is 0 Å². The summed E-state index contributed by atoms with van der Waals surface area (Å²) < 4.78 is 1.44. The van der Waals surface area contributed by atoms with Crippen LogP contribution in [-0.4, -0.2) is 44.2 Å². The molecule has 1 aliphatic carbocycles. The normalized spacial score (nSPS) is 25.7. The van der Waals surface area contributed by atoms with Crippen molar-refractivity contribution in [3.63, 3.8) is 0 Å². The third kappa shape index (κ3) is 2.35. The molecule has 1 aliphatic heterocycles. The van der Waals surface area contributed by atoms with Gasteiger partial charge in [0.1, 0.15) is 12.9 Å². The Bertz CT molecular complexity index is 413. The highest BCUT2D eigenvalue weighted by atomic mass is 16.2. The van der Waals surface area contributed by atoms with Gasteiger partial charge in [0, 0.05) is 11.6 Å². The van der Waals surface area contributed by atoms with Crippen LogP contribution in [0.1, 0.15) is 32.1 Å². The van der Waals surface area contributed by atoms with Gasteiger partial charge in [0.05, 0.1) is 0 Å². The van der Waals surface area contributed by atoms with E-state index in [0.29, 0.717) is 5.54 Å². The summed E-state index contributed by atoms with van der Waals surface area (Å²) >= 11 is 0. The molecule has 2 heterocycles. The second-order valence-corrected chi connectivity index (χ2v) is 5.33. The van der Waals surface area contributed by atoms with Crippen LogP contribution in [0.5, 0.6) is 0 Å². The Morgan fingerprint density at radius 2 is 2.44 bits per heavy atom. The maximum absolute atomic E-state index is 11.8. The topological polar surface area (TPSA) is 84.7 Å². The molecule has 7 nitrogen and oxygen atoms in total. The highest BCUT2D eigenvalue weighted by Gasteiger charge is 2.41. The molecule has 98 valence electrons. The van der Waals surface area contributed by atoms with E-state index in [1.165, 1.54) is 30.3 Å². The molecule has 3 rings (SSSR count). The van der Waals surface area contributed by atoms with Gasteiger partial charge < -0.3 is 10.6 Å². The number of carbonyl (C=O) groups is 1.